The molecule has 3 aromatic carbocycles. The molecule has 0 fully saturated rings. The van der Waals surface area contributed by atoms with Crippen molar-refractivity contribution in [3.05, 3.63) is 125 Å². The maximum Gasteiger partial charge on any atom is 0.254 e. The first-order valence-electron chi connectivity index (χ1n) is 13.5. The third-order valence-electron chi connectivity index (χ3n) is 6.65. The van der Waals surface area contributed by atoms with Gasteiger partial charge in [0.2, 0.25) is 5.91 Å². The van der Waals surface area contributed by atoms with E-state index in [4.69, 9.17) is 4.74 Å². The minimum absolute atomic E-state index is 0.0332. The van der Waals surface area contributed by atoms with E-state index in [1.165, 1.54) is 12.1 Å². The Morgan fingerprint density at radius 3 is 2.17 bits per heavy atom. The van der Waals surface area contributed by atoms with E-state index >= 15 is 0 Å². The Labute approximate surface area is 235 Å². The number of methoxy groups -OCH3 is 1. The van der Waals surface area contributed by atoms with Crippen molar-refractivity contribution in [1.82, 2.24) is 14.4 Å². The van der Waals surface area contributed by atoms with Crippen molar-refractivity contribution in [2.45, 2.75) is 33.5 Å². The quantitative estimate of drug-likeness (QED) is 0.221. The van der Waals surface area contributed by atoms with E-state index in [1.54, 1.807) is 53.3 Å². The molecule has 40 heavy (non-hydrogen) atoms. The summed E-state index contributed by atoms with van der Waals surface area (Å²) < 4.78 is 20.7. The van der Waals surface area contributed by atoms with Crippen molar-refractivity contribution in [1.29, 1.82) is 0 Å². The lowest BCUT2D eigenvalue weighted by atomic mass is 10.1. The smallest absolute Gasteiger partial charge is 0.254 e. The van der Waals surface area contributed by atoms with Gasteiger partial charge in [0, 0.05) is 37.1 Å². The lowest BCUT2D eigenvalue weighted by Gasteiger charge is -2.29. The average molecular weight is 542 g/mol. The van der Waals surface area contributed by atoms with Crippen LogP contribution in [0.5, 0.6) is 5.75 Å². The molecule has 2 amide bonds. The van der Waals surface area contributed by atoms with Crippen LogP contribution in [0.3, 0.4) is 0 Å². The molecular weight excluding hydrogens is 505 g/mol. The number of hydrogen-bond acceptors (Lipinski definition) is 3. The van der Waals surface area contributed by atoms with Gasteiger partial charge in [-0.25, -0.2) is 4.39 Å². The van der Waals surface area contributed by atoms with Crippen LogP contribution in [0.1, 0.15) is 41.0 Å². The molecule has 7 heteroatoms. The Kier molecular flexibility index (Phi) is 9.73. The molecule has 0 radical (unpaired) electrons. The van der Waals surface area contributed by atoms with Crippen LogP contribution in [0.25, 0.3) is 0 Å². The van der Waals surface area contributed by atoms with E-state index in [-0.39, 0.29) is 30.1 Å². The summed E-state index contributed by atoms with van der Waals surface area (Å²) in [6, 6.07) is 27.2. The van der Waals surface area contributed by atoms with Crippen molar-refractivity contribution >= 4 is 11.8 Å². The van der Waals surface area contributed by atoms with E-state index in [1.807, 2.05) is 62.5 Å². The largest absolute Gasteiger partial charge is 0.497 e. The normalized spacial score (nSPS) is 10.9. The zero-order valence-electron chi connectivity index (χ0n) is 23.3. The average Bonchev–Trinajstić information content (AvgIpc) is 3.39. The molecule has 4 aromatic rings. The molecule has 0 atom stereocenters. The molecule has 1 heterocycles. The van der Waals surface area contributed by atoms with Gasteiger partial charge in [-0.2, -0.15) is 0 Å². The van der Waals surface area contributed by atoms with Crippen LogP contribution in [0.15, 0.2) is 97.2 Å². The molecule has 6 nitrogen and oxygen atoms in total. The van der Waals surface area contributed by atoms with Gasteiger partial charge in [-0.15, -0.1) is 0 Å². The van der Waals surface area contributed by atoms with E-state index < -0.39 is 0 Å². The molecule has 0 unspecified atom stereocenters. The molecule has 1 aromatic heterocycles. The SMILES string of the molecule is COc1ccc(C(=O)N(CC(=O)N(Cc2ccccc2)Cc2cccn2Cc2ccc(F)cc2)CC(C)C)cc1. The fourth-order valence-electron chi connectivity index (χ4n) is 4.60. The topological polar surface area (TPSA) is 54.8 Å². The summed E-state index contributed by atoms with van der Waals surface area (Å²) in [6.07, 6.45) is 1.96. The third-order valence-corrected chi connectivity index (χ3v) is 6.65. The number of hydrogen-bond donors (Lipinski definition) is 0. The number of carbonyl (C=O) groups excluding carboxylic acids is 2. The second-order valence-corrected chi connectivity index (χ2v) is 10.3. The Morgan fingerprint density at radius 1 is 0.825 bits per heavy atom. The molecular formula is C33H36FN3O3. The standard InChI is InChI=1S/C33H36FN3O3/c1-25(2)20-37(33(39)28-13-17-31(40-3)18-14-28)24-32(38)36(22-26-8-5-4-6-9-26)23-30-10-7-19-35(30)21-27-11-15-29(34)16-12-27/h4-19,25H,20-24H2,1-3H3. The van der Waals surface area contributed by atoms with Crippen molar-refractivity contribution in [2.24, 2.45) is 5.92 Å². The van der Waals surface area contributed by atoms with Gasteiger partial charge in [-0.05, 0) is 65.6 Å². The molecule has 0 saturated heterocycles. The van der Waals surface area contributed by atoms with Gasteiger partial charge in [0.15, 0.2) is 0 Å². The van der Waals surface area contributed by atoms with Crippen LogP contribution in [-0.2, 0) is 24.4 Å². The predicted molar refractivity (Wildman–Crippen MR) is 154 cm³/mol. The molecule has 0 aliphatic rings. The van der Waals surface area contributed by atoms with E-state index in [0.717, 1.165) is 16.8 Å². The van der Waals surface area contributed by atoms with Gasteiger partial charge in [0.05, 0.1) is 13.7 Å². The van der Waals surface area contributed by atoms with Crippen molar-refractivity contribution in [3.63, 3.8) is 0 Å². The monoisotopic (exact) mass is 541 g/mol. The molecule has 0 saturated carbocycles. The van der Waals surface area contributed by atoms with Gasteiger partial charge in [0.1, 0.15) is 18.1 Å². The Bertz CT molecular complexity index is 1380. The van der Waals surface area contributed by atoms with Crippen LogP contribution in [0.2, 0.25) is 0 Å². The molecule has 0 spiro atoms. The second-order valence-electron chi connectivity index (χ2n) is 10.3. The minimum atomic E-state index is -0.272. The van der Waals surface area contributed by atoms with Crippen LogP contribution >= 0.6 is 0 Å². The fourth-order valence-corrected chi connectivity index (χ4v) is 4.60. The van der Waals surface area contributed by atoms with Crippen LogP contribution in [-0.4, -0.2) is 46.4 Å². The highest BCUT2D eigenvalue weighted by atomic mass is 19.1. The molecule has 4 rings (SSSR count). The summed E-state index contributed by atoms with van der Waals surface area (Å²) in [6.45, 7) is 5.82. The summed E-state index contributed by atoms with van der Waals surface area (Å²) in [4.78, 5) is 30.8. The lowest BCUT2D eigenvalue weighted by molar-refractivity contribution is -0.133. The first-order chi connectivity index (χ1) is 19.3. The van der Waals surface area contributed by atoms with E-state index in [2.05, 4.69) is 4.57 Å². The second kappa shape index (κ2) is 13.6. The maximum atomic E-state index is 13.9. The number of benzene rings is 3. The number of nitrogens with zero attached hydrogens (tertiary/aromatic N) is 3. The Morgan fingerprint density at radius 2 is 1.52 bits per heavy atom. The van der Waals surface area contributed by atoms with Crippen molar-refractivity contribution < 1.29 is 18.7 Å². The van der Waals surface area contributed by atoms with Gasteiger partial charge in [-0.1, -0.05) is 56.3 Å². The van der Waals surface area contributed by atoms with Gasteiger partial charge in [-0.3, -0.25) is 9.59 Å². The summed E-state index contributed by atoms with van der Waals surface area (Å²) >= 11 is 0. The maximum absolute atomic E-state index is 13.9. The van der Waals surface area contributed by atoms with E-state index in [0.29, 0.717) is 37.5 Å². The van der Waals surface area contributed by atoms with Crippen LogP contribution in [0.4, 0.5) is 4.39 Å². The first-order valence-corrected chi connectivity index (χ1v) is 13.5. The van der Waals surface area contributed by atoms with Gasteiger partial charge < -0.3 is 19.1 Å². The molecule has 0 aliphatic carbocycles. The predicted octanol–water partition coefficient (Wildman–Crippen LogP) is 6.01. The lowest BCUT2D eigenvalue weighted by Crippen LogP contribution is -2.44. The number of amides is 2. The van der Waals surface area contributed by atoms with Gasteiger partial charge >= 0.3 is 0 Å². The first kappa shape index (κ1) is 28.6. The van der Waals surface area contributed by atoms with Crippen LogP contribution < -0.4 is 4.74 Å². The Hall–Kier alpha value is -4.39. The zero-order chi connectivity index (χ0) is 28.5. The van der Waals surface area contributed by atoms with E-state index in [9.17, 15) is 14.0 Å². The van der Waals surface area contributed by atoms with Crippen molar-refractivity contribution in [2.75, 3.05) is 20.2 Å². The summed E-state index contributed by atoms with van der Waals surface area (Å²) in [5, 5.41) is 0. The van der Waals surface area contributed by atoms with Gasteiger partial charge in [0.25, 0.3) is 5.91 Å². The highest BCUT2D eigenvalue weighted by Crippen LogP contribution is 2.17. The van der Waals surface area contributed by atoms with Crippen molar-refractivity contribution in [3.8, 4) is 5.75 Å². The number of aromatic nitrogens is 1. The number of rotatable bonds is 12. The number of ether oxygens (including phenoxy) is 1. The minimum Gasteiger partial charge on any atom is -0.497 e. The van der Waals surface area contributed by atoms with Crippen LogP contribution in [0, 0.1) is 11.7 Å². The molecule has 0 N–H and O–H groups in total. The summed E-state index contributed by atoms with van der Waals surface area (Å²) in [7, 11) is 1.58. The number of carbonyl (C=O) groups is 2. The highest BCUT2D eigenvalue weighted by molar-refractivity contribution is 5.96. The number of halogens is 1. The molecule has 208 valence electrons. The third kappa shape index (κ3) is 7.82. The molecule has 0 aliphatic heterocycles. The zero-order valence-corrected chi connectivity index (χ0v) is 23.3. The fraction of sp³-hybridized carbons (Fsp3) is 0.273. The summed E-state index contributed by atoms with van der Waals surface area (Å²) in [5.41, 5.74) is 3.43. The molecule has 0 bridgehead atoms. The summed E-state index contributed by atoms with van der Waals surface area (Å²) in [5.74, 6) is 0.252. The highest BCUT2D eigenvalue weighted by Gasteiger charge is 2.24. The Balaban J connectivity index is 1.56.